The minimum absolute atomic E-state index is 0.0119. The third-order valence-corrected chi connectivity index (χ3v) is 4.80. The van der Waals surface area contributed by atoms with Crippen molar-refractivity contribution in [2.24, 2.45) is 0 Å². The fourth-order valence-corrected chi connectivity index (χ4v) is 3.19. The summed E-state index contributed by atoms with van der Waals surface area (Å²) in [5, 5.41) is 2.77. The highest BCUT2D eigenvalue weighted by Gasteiger charge is 2.14. The summed E-state index contributed by atoms with van der Waals surface area (Å²) < 4.78 is 31.5. The molecule has 0 atom stereocenters. The number of benzene rings is 2. The fraction of sp³-hybridized carbons (Fsp3) is 0.300. The summed E-state index contributed by atoms with van der Waals surface area (Å²) in [4.78, 5) is 23.9. The Balaban J connectivity index is 1.87. The molecule has 0 aliphatic rings. The zero-order valence-electron chi connectivity index (χ0n) is 15.3. The van der Waals surface area contributed by atoms with E-state index in [-0.39, 0.29) is 16.6 Å². The molecule has 0 unspecified atom stereocenters. The highest BCUT2D eigenvalue weighted by atomic mass is 32.2. The van der Waals surface area contributed by atoms with Crippen LogP contribution < -0.4 is 5.32 Å². The summed E-state index contributed by atoms with van der Waals surface area (Å²) in [6.07, 6.45) is 0. The smallest absolute Gasteiger partial charge is 0.316 e. The third kappa shape index (κ3) is 6.06. The predicted molar refractivity (Wildman–Crippen MR) is 102 cm³/mol. The quantitative estimate of drug-likeness (QED) is 0.549. The van der Waals surface area contributed by atoms with Gasteiger partial charge in [0.25, 0.3) is 5.91 Å². The second-order valence-electron chi connectivity index (χ2n) is 6.27. The minimum atomic E-state index is -0.687. The van der Waals surface area contributed by atoms with Crippen molar-refractivity contribution < 1.29 is 23.1 Å². The molecule has 0 fully saturated rings. The van der Waals surface area contributed by atoms with Crippen molar-refractivity contribution in [3.05, 3.63) is 59.2 Å². The van der Waals surface area contributed by atoms with Gasteiger partial charge in [0.15, 0.2) is 6.61 Å². The van der Waals surface area contributed by atoms with Gasteiger partial charge in [0.05, 0.1) is 5.75 Å². The van der Waals surface area contributed by atoms with E-state index in [0.29, 0.717) is 5.69 Å². The monoisotopic (exact) mass is 393 g/mol. The van der Waals surface area contributed by atoms with Crippen LogP contribution in [0.1, 0.15) is 30.9 Å². The van der Waals surface area contributed by atoms with Crippen molar-refractivity contribution in [1.29, 1.82) is 0 Å². The number of amides is 1. The predicted octanol–water partition coefficient (Wildman–Crippen LogP) is 4.67. The first-order chi connectivity index (χ1) is 12.8. The lowest BCUT2D eigenvalue weighted by molar-refractivity contribution is -0.144. The van der Waals surface area contributed by atoms with Gasteiger partial charge in [0.2, 0.25) is 0 Å². The minimum Gasteiger partial charge on any atom is -0.455 e. The zero-order chi connectivity index (χ0) is 20.0. The SMILES string of the molecule is Cc1cccc(C(C)C)c1NC(=O)COC(=O)CSc1cc(F)ccc1F. The van der Waals surface area contributed by atoms with Crippen LogP contribution in [0.5, 0.6) is 0 Å². The Morgan fingerprint density at radius 3 is 2.63 bits per heavy atom. The van der Waals surface area contributed by atoms with Gasteiger partial charge in [-0.1, -0.05) is 32.0 Å². The lowest BCUT2D eigenvalue weighted by Gasteiger charge is -2.16. The Morgan fingerprint density at radius 2 is 1.93 bits per heavy atom. The number of para-hydroxylation sites is 1. The summed E-state index contributed by atoms with van der Waals surface area (Å²) in [6, 6.07) is 8.74. The van der Waals surface area contributed by atoms with Crippen molar-refractivity contribution in [3.8, 4) is 0 Å². The van der Waals surface area contributed by atoms with E-state index in [9.17, 15) is 18.4 Å². The van der Waals surface area contributed by atoms with Crippen LogP contribution in [0.15, 0.2) is 41.3 Å². The Bertz CT molecular complexity index is 840. The van der Waals surface area contributed by atoms with Crippen molar-refractivity contribution in [1.82, 2.24) is 0 Å². The van der Waals surface area contributed by atoms with Gasteiger partial charge in [0.1, 0.15) is 11.6 Å². The molecule has 2 aromatic carbocycles. The van der Waals surface area contributed by atoms with E-state index in [1.807, 2.05) is 39.0 Å². The van der Waals surface area contributed by atoms with E-state index in [0.717, 1.165) is 41.1 Å². The number of anilines is 1. The van der Waals surface area contributed by atoms with E-state index in [1.165, 1.54) is 0 Å². The summed E-state index contributed by atoms with van der Waals surface area (Å²) in [7, 11) is 0. The van der Waals surface area contributed by atoms with E-state index in [4.69, 9.17) is 4.74 Å². The van der Waals surface area contributed by atoms with Gasteiger partial charge in [-0.2, -0.15) is 0 Å². The number of thioether (sulfide) groups is 1. The number of halogens is 2. The van der Waals surface area contributed by atoms with Crippen LogP contribution in [0.25, 0.3) is 0 Å². The van der Waals surface area contributed by atoms with E-state index >= 15 is 0 Å². The molecule has 27 heavy (non-hydrogen) atoms. The highest BCUT2D eigenvalue weighted by molar-refractivity contribution is 8.00. The molecule has 7 heteroatoms. The topological polar surface area (TPSA) is 55.4 Å². The first-order valence-corrected chi connectivity index (χ1v) is 9.39. The molecule has 2 rings (SSSR count). The van der Waals surface area contributed by atoms with Gasteiger partial charge in [-0.25, -0.2) is 8.78 Å². The second kappa shape index (κ2) is 9.50. The molecule has 0 saturated heterocycles. The van der Waals surface area contributed by atoms with Crippen molar-refractivity contribution in [3.63, 3.8) is 0 Å². The summed E-state index contributed by atoms with van der Waals surface area (Å²) in [6.45, 7) is 5.48. The molecule has 0 heterocycles. The van der Waals surface area contributed by atoms with Gasteiger partial charge in [-0.05, 0) is 42.2 Å². The molecular formula is C20H21F2NO3S. The first-order valence-electron chi connectivity index (χ1n) is 8.40. The molecule has 0 spiro atoms. The number of carbonyl (C=O) groups is 2. The van der Waals surface area contributed by atoms with Gasteiger partial charge in [0, 0.05) is 10.6 Å². The highest BCUT2D eigenvalue weighted by Crippen LogP contribution is 2.27. The molecule has 0 aliphatic carbocycles. The maximum Gasteiger partial charge on any atom is 0.316 e. The number of nitrogens with one attached hydrogen (secondary N) is 1. The molecule has 0 aromatic heterocycles. The summed E-state index contributed by atoms with van der Waals surface area (Å²) >= 11 is 0.813. The zero-order valence-corrected chi connectivity index (χ0v) is 16.2. The molecular weight excluding hydrogens is 372 g/mol. The molecule has 1 N–H and O–H groups in total. The Kier molecular flexibility index (Phi) is 7.36. The van der Waals surface area contributed by atoms with Gasteiger partial charge in [-0.3, -0.25) is 9.59 Å². The van der Waals surface area contributed by atoms with Crippen LogP contribution in [0, 0.1) is 18.6 Å². The van der Waals surface area contributed by atoms with E-state index in [2.05, 4.69) is 5.32 Å². The lowest BCUT2D eigenvalue weighted by Crippen LogP contribution is -2.22. The van der Waals surface area contributed by atoms with Crippen LogP contribution in [0.2, 0.25) is 0 Å². The van der Waals surface area contributed by atoms with Crippen LogP contribution in [-0.4, -0.2) is 24.2 Å². The van der Waals surface area contributed by atoms with Crippen molar-refractivity contribution in [2.75, 3.05) is 17.7 Å². The summed E-state index contributed by atoms with van der Waals surface area (Å²) in [5.74, 6) is -2.36. The third-order valence-electron chi connectivity index (χ3n) is 3.79. The normalized spacial score (nSPS) is 10.7. The van der Waals surface area contributed by atoms with Gasteiger partial charge < -0.3 is 10.1 Å². The van der Waals surface area contributed by atoms with Crippen LogP contribution in [0.4, 0.5) is 14.5 Å². The number of esters is 1. The maximum absolute atomic E-state index is 13.5. The van der Waals surface area contributed by atoms with E-state index < -0.39 is 30.1 Å². The number of hydrogen-bond donors (Lipinski definition) is 1. The average molecular weight is 393 g/mol. The van der Waals surface area contributed by atoms with Crippen molar-refractivity contribution >= 4 is 29.3 Å². The van der Waals surface area contributed by atoms with Gasteiger partial charge in [-0.15, -0.1) is 11.8 Å². The number of ether oxygens (including phenoxy) is 1. The largest absolute Gasteiger partial charge is 0.455 e. The molecule has 4 nitrogen and oxygen atoms in total. The Labute approximate surface area is 161 Å². The number of carbonyl (C=O) groups excluding carboxylic acids is 2. The molecule has 0 saturated carbocycles. The molecule has 0 aliphatic heterocycles. The molecule has 2 aromatic rings. The fourth-order valence-electron chi connectivity index (χ4n) is 2.43. The van der Waals surface area contributed by atoms with Crippen LogP contribution in [0.3, 0.4) is 0 Å². The van der Waals surface area contributed by atoms with Crippen LogP contribution in [-0.2, 0) is 14.3 Å². The Hall–Kier alpha value is -2.41. The summed E-state index contributed by atoms with van der Waals surface area (Å²) in [5.41, 5.74) is 2.62. The molecule has 0 bridgehead atoms. The number of hydrogen-bond acceptors (Lipinski definition) is 4. The lowest BCUT2D eigenvalue weighted by atomic mass is 9.98. The first kappa shape index (κ1) is 20.9. The van der Waals surface area contributed by atoms with Crippen LogP contribution >= 0.6 is 11.8 Å². The van der Waals surface area contributed by atoms with Crippen molar-refractivity contribution in [2.45, 2.75) is 31.6 Å². The average Bonchev–Trinajstić information content (AvgIpc) is 2.62. The second-order valence-corrected chi connectivity index (χ2v) is 7.28. The standard InChI is InChI=1S/C20H21F2NO3S/c1-12(2)15-6-4-5-13(3)20(15)23-18(24)10-26-19(25)11-27-17-9-14(21)7-8-16(17)22/h4-9,12H,10-11H2,1-3H3,(H,23,24). The van der Waals surface area contributed by atoms with E-state index in [1.54, 1.807) is 0 Å². The number of aryl methyl sites for hydroxylation is 1. The number of rotatable bonds is 7. The van der Waals surface area contributed by atoms with Gasteiger partial charge >= 0.3 is 5.97 Å². The molecule has 1 amide bonds. The maximum atomic E-state index is 13.5. The Morgan fingerprint density at radius 1 is 1.19 bits per heavy atom. The molecule has 0 radical (unpaired) electrons. The molecule has 144 valence electrons.